The van der Waals surface area contributed by atoms with Crippen molar-refractivity contribution in [2.75, 3.05) is 0 Å². The summed E-state index contributed by atoms with van der Waals surface area (Å²) < 4.78 is 86.9. The largest absolute Gasteiger partial charge is 0.426 e. The van der Waals surface area contributed by atoms with Gasteiger partial charge in [-0.3, -0.25) is 0 Å². The predicted octanol–water partition coefficient (Wildman–Crippen LogP) is 5.75. The molecule has 0 aromatic heterocycles. The van der Waals surface area contributed by atoms with Crippen LogP contribution in [0.1, 0.15) is 71.6 Å². The molecule has 2 saturated carbocycles. The normalized spacial score (nSPS) is 36.5. The van der Waals surface area contributed by atoms with Crippen molar-refractivity contribution in [2.45, 2.75) is 108 Å². The van der Waals surface area contributed by atoms with Crippen LogP contribution in [-0.2, 0) is 9.47 Å². The summed E-state index contributed by atoms with van der Waals surface area (Å²) >= 11 is 0. The molecule has 9 heteroatoms. The number of alkyl halides is 6. The Balaban J connectivity index is 1.49. The lowest BCUT2D eigenvalue weighted by Crippen LogP contribution is -2.69. The minimum atomic E-state index is -5.51. The van der Waals surface area contributed by atoms with Crippen molar-refractivity contribution in [1.82, 2.24) is 0 Å². The lowest BCUT2D eigenvalue weighted by Gasteiger charge is -2.50. The molecule has 0 amide bonds. The number of ether oxygens (including phenoxy) is 2. The van der Waals surface area contributed by atoms with E-state index < -0.39 is 30.7 Å². The van der Waals surface area contributed by atoms with Crippen LogP contribution in [0.25, 0.3) is 0 Å². The Morgan fingerprint density at radius 2 is 1.21 bits per heavy atom. The Morgan fingerprint density at radius 3 is 1.62 bits per heavy atom. The number of hydrogen-bond acceptors (Lipinski definition) is 3. The fourth-order valence-electron chi connectivity index (χ4n) is 5.36. The monoisotopic (exact) mass is 432 g/mol. The van der Waals surface area contributed by atoms with Crippen LogP contribution in [0.2, 0.25) is 0 Å². The zero-order chi connectivity index (χ0) is 21.7. The molecule has 29 heavy (non-hydrogen) atoms. The van der Waals surface area contributed by atoms with E-state index in [1.54, 1.807) is 0 Å². The molecular weight excluding hydrogens is 402 g/mol. The van der Waals surface area contributed by atoms with E-state index in [4.69, 9.17) is 4.74 Å². The maximum absolute atomic E-state index is 12.9. The van der Waals surface area contributed by atoms with Crippen LogP contribution >= 0.6 is 0 Å². The van der Waals surface area contributed by atoms with Gasteiger partial charge in [-0.2, -0.15) is 26.3 Å². The zero-order valence-electron chi connectivity index (χ0n) is 16.8. The molecule has 3 aliphatic rings. The van der Waals surface area contributed by atoms with Gasteiger partial charge >= 0.3 is 12.4 Å². The average molecular weight is 432 g/mol. The topological polar surface area (TPSA) is 38.7 Å². The second-order valence-electron chi connectivity index (χ2n) is 9.51. The van der Waals surface area contributed by atoms with Gasteiger partial charge in [-0.1, -0.05) is 13.8 Å². The highest BCUT2D eigenvalue weighted by atomic mass is 19.4. The Morgan fingerprint density at radius 1 is 0.793 bits per heavy atom. The highest BCUT2D eigenvalue weighted by molar-refractivity contribution is 5.03. The maximum atomic E-state index is 12.9. The molecule has 0 bridgehead atoms. The van der Waals surface area contributed by atoms with Crippen LogP contribution in [0.3, 0.4) is 0 Å². The van der Waals surface area contributed by atoms with Crippen molar-refractivity contribution in [3.05, 3.63) is 0 Å². The quantitative estimate of drug-likeness (QED) is 0.575. The molecule has 1 atom stereocenters. The van der Waals surface area contributed by atoms with E-state index in [1.165, 1.54) is 0 Å². The van der Waals surface area contributed by atoms with Gasteiger partial charge in [0, 0.05) is 6.42 Å². The molecule has 170 valence electrons. The third-order valence-corrected chi connectivity index (χ3v) is 7.52. The summed E-state index contributed by atoms with van der Waals surface area (Å²) in [5.74, 6) is 0.942. The Hall–Kier alpha value is -0.540. The van der Waals surface area contributed by atoms with Gasteiger partial charge < -0.3 is 14.6 Å². The molecule has 3 fully saturated rings. The first-order valence-corrected chi connectivity index (χ1v) is 10.4. The summed E-state index contributed by atoms with van der Waals surface area (Å²) in [5, 5.41) is 9.72. The maximum Gasteiger partial charge on any atom is 0.426 e. The molecule has 0 aromatic rings. The smallest absolute Gasteiger partial charge is 0.393 e. The van der Waals surface area contributed by atoms with Gasteiger partial charge in [0.05, 0.1) is 12.2 Å². The fourth-order valence-corrected chi connectivity index (χ4v) is 5.36. The van der Waals surface area contributed by atoms with Gasteiger partial charge in [0.25, 0.3) is 5.60 Å². The first kappa shape index (κ1) is 23.1. The SMILES string of the molecule is CC(C)(C1CCC(O)CC1)C1CCC(OC2CC(C(F)(F)F)(C(F)(F)F)O2)CC1. The Bertz CT molecular complexity index is 536. The molecule has 0 radical (unpaired) electrons. The minimum absolute atomic E-state index is 0.0831. The van der Waals surface area contributed by atoms with E-state index in [0.717, 1.165) is 38.5 Å². The number of rotatable bonds is 4. The standard InChI is InChI=1S/C20H30F6O3/c1-17(2,12-3-7-14(27)8-4-12)13-5-9-15(10-6-13)28-16-11-18(29-16,19(21,22)23)20(24,25)26/h12-16,27H,3-11H2,1-2H3. The van der Waals surface area contributed by atoms with Crippen molar-refractivity contribution in [1.29, 1.82) is 0 Å². The molecule has 1 unspecified atom stereocenters. The van der Waals surface area contributed by atoms with Gasteiger partial charge in [-0.25, -0.2) is 0 Å². The molecule has 3 nitrogen and oxygen atoms in total. The fraction of sp³-hybridized carbons (Fsp3) is 1.00. The van der Waals surface area contributed by atoms with Gasteiger partial charge in [-0.15, -0.1) is 0 Å². The third kappa shape index (κ3) is 4.42. The Kier molecular flexibility index (Phi) is 6.27. The number of aliphatic hydroxyl groups excluding tert-OH is 1. The van der Waals surface area contributed by atoms with Crippen LogP contribution < -0.4 is 0 Å². The molecule has 0 spiro atoms. The molecule has 1 saturated heterocycles. The first-order valence-electron chi connectivity index (χ1n) is 10.4. The first-order chi connectivity index (χ1) is 13.3. The average Bonchev–Trinajstić information content (AvgIpc) is 2.56. The lowest BCUT2D eigenvalue weighted by molar-refractivity contribution is -0.474. The lowest BCUT2D eigenvalue weighted by atomic mass is 9.60. The van der Waals surface area contributed by atoms with E-state index in [1.807, 2.05) is 0 Å². The van der Waals surface area contributed by atoms with Crippen LogP contribution in [-0.4, -0.2) is 41.6 Å². The van der Waals surface area contributed by atoms with Crippen LogP contribution in [0, 0.1) is 17.3 Å². The third-order valence-electron chi connectivity index (χ3n) is 7.52. The summed E-state index contributed by atoms with van der Waals surface area (Å²) in [7, 11) is 0. The van der Waals surface area contributed by atoms with Gasteiger partial charge in [-0.05, 0) is 68.6 Å². The van der Waals surface area contributed by atoms with Gasteiger partial charge in [0.2, 0.25) is 0 Å². The van der Waals surface area contributed by atoms with E-state index in [9.17, 15) is 31.4 Å². The molecule has 2 aliphatic carbocycles. The van der Waals surface area contributed by atoms with E-state index in [-0.39, 0.29) is 17.6 Å². The van der Waals surface area contributed by atoms with Gasteiger partial charge in [0.15, 0.2) is 6.29 Å². The van der Waals surface area contributed by atoms with E-state index >= 15 is 0 Å². The summed E-state index contributed by atoms with van der Waals surface area (Å²) in [6.07, 6.45) is -7.87. The van der Waals surface area contributed by atoms with E-state index in [0.29, 0.717) is 24.7 Å². The second kappa shape index (κ2) is 7.86. The van der Waals surface area contributed by atoms with Crippen LogP contribution in [0.4, 0.5) is 26.3 Å². The summed E-state index contributed by atoms with van der Waals surface area (Å²) in [4.78, 5) is 0. The van der Waals surface area contributed by atoms with Crippen molar-refractivity contribution >= 4 is 0 Å². The highest BCUT2D eigenvalue weighted by Gasteiger charge is 2.78. The molecule has 0 aromatic carbocycles. The van der Waals surface area contributed by atoms with Crippen LogP contribution in [0.15, 0.2) is 0 Å². The van der Waals surface area contributed by atoms with Crippen LogP contribution in [0.5, 0.6) is 0 Å². The molecule has 1 N–H and O–H groups in total. The van der Waals surface area contributed by atoms with E-state index in [2.05, 4.69) is 18.6 Å². The van der Waals surface area contributed by atoms with Crippen molar-refractivity contribution in [3.8, 4) is 0 Å². The number of hydrogen-bond donors (Lipinski definition) is 1. The predicted molar refractivity (Wildman–Crippen MR) is 92.9 cm³/mol. The number of aliphatic hydroxyl groups is 1. The van der Waals surface area contributed by atoms with Crippen molar-refractivity contribution in [3.63, 3.8) is 0 Å². The molecule has 3 rings (SSSR count). The molecular formula is C20H30F6O3. The molecule has 1 aliphatic heterocycles. The summed E-state index contributed by atoms with van der Waals surface area (Å²) in [6.45, 7) is 4.47. The summed E-state index contributed by atoms with van der Waals surface area (Å²) in [6, 6.07) is 0. The number of halogens is 6. The zero-order valence-corrected chi connectivity index (χ0v) is 16.8. The molecule has 1 heterocycles. The van der Waals surface area contributed by atoms with Gasteiger partial charge in [0.1, 0.15) is 0 Å². The van der Waals surface area contributed by atoms with Crippen molar-refractivity contribution in [2.24, 2.45) is 17.3 Å². The Labute approximate surface area is 167 Å². The highest BCUT2D eigenvalue weighted by Crippen LogP contribution is 2.56. The summed E-state index contributed by atoms with van der Waals surface area (Å²) in [5.41, 5.74) is -4.02. The second-order valence-corrected chi connectivity index (χ2v) is 9.51. The minimum Gasteiger partial charge on any atom is -0.393 e. The van der Waals surface area contributed by atoms with Crippen molar-refractivity contribution < 1.29 is 40.9 Å².